The van der Waals surface area contributed by atoms with Crippen molar-refractivity contribution in [1.82, 2.24) is 0 Å². The maximum absolute atomic E-state index is 11.7. The van der Waals surface area contributed by atoms with Gasteiger partial charge in [-0.2, -0.15) is 0 Å². The molecule has 0 spiro atoms. The Morgan fingerprint density at radius 3 is 2.72 bits per heavy atom. The molecule has 0 unspecified atom stereocenters. The van der Waals surface area contributed by atoms with Crippen LogP contribution in [0.5, 0.6) is 0 Å². The van der Waals surface area contributed by atoms with Gasteiger partial charge in [-0.1, -0.05) is 12.1 Å². The number of aliphatic hydroxyl groups excluding tert-OH is 1. The number of anilines is 2. The van der Waals surface area contributed by atoms with Crippen LogP contribution in [0, 0.1) is 0 Å². The Bertz CT molecular complexity index is 401. The van der Waals surface area contributed by atoms with E-state index in [1.54, 1.807) is 0 Å². The highest BCUT2D eigenvalue weighted by Gasteiger charge is 2.16. The summed E-state index contributed by atoms with van der Waals surface area (Å²) in [4.78, 5) is 14.0. The van der Waals surface area contributed by atoms with Gasteiger partial charge in [0.1, 0.15) is 0 Å². The highest BCUT2D eigenvalue weighted by atomic mass is 16.3. The van der Waals surface area contributed by atoms with Crippen LogP contribution < -0.4 is 10.2 Å². The molecule has 0 aromatic heterocycles. The summed E-state index contributed by atoms with van der Waals surface area (Å²) in [6, 6.07) is 7.91. The van der Waals surface area contributed by atoms with Gasteiger partial charge in [0.05, 0.1) is 11.4 Å². The SMILES string of the molecule is O=C(CCCO)Nc1ccccc1N1CCCC1. The second-order valence-electron chi connectivity index (χ2n) is 4.59. The smallest absolute Gasteiger partial charge is 0.224 e. The van der Waals surface area contributed by atoms with Gasteiger partial charge in [-0.05, 0) is 31.4 Å². The topological polar surface area (TPSA) is 52.6 Å². The van der Waals surface area contributed by atoms with E-state index in [0.717, 1.165) is 24.5 Å². The number of rotatable bonds is 5. The molecule has 18 heavy (non-hydrogen) atoms. The van der Waals surface area contributed by atoms with Crippen molar-refractivity contribution in [3.63, 3.8) is 0 Å². The molecular formula is C14H20N2O2. The van der Waals surface area contributed by atoms with E-state index in [1.165, 1.54) is 12.8 Å². The number of amides is 1. The molecular weight excluding hydrogens is 228 g/mol. The van der Waals surface area contributed by atoms with Gasteiger partial charge in [0.15, 0.2) is 0 Å². The fraction of sp³-hybridized carbons (Fsp3) is 0.500. The molecule has 0 bridgehead atoms. The van der Waals surface area contributed by atoms with Crippen LogP contribution in [-0.4, -0.2) is 30.7 Å². The number of benzene rings is 1. The molecule has 2 N–H and O–H groups in total. The molecule has 1 aromatic carbocycles. The highest BCUT2D eigenvalue weighted by Crippen LogP contribution is 2.28. The number of aliphatic hydroxyl groups is 1. The zero-order valence-electron chi connectivity index (χ0n) is 10.6. The van der Waals surface area contributed by atoms with E-state index in [9.17, 15) is 4.79 Å². The van der Waals surface area contributed by atoms with Gasteiger partial charge in [-0.15, -0.1) is 0 Å². The monoisotopic (exact) mass is 248 g/mol. The van der Waals surface area contributed by atoms with Crippen LogP contribution in [0.2, 0.25) is 0 Å². The molecule has 1 amide bonds. The predicted molar refractivity (Wildman–Crippen MR) is 72.8 cm³/mol. The standard InChI is InChI=1S/C14H20N2O2/c17-11-5-8-14(18)15-12-6-1-2-7-13(12)16-9-3-4-10-16/h1-2,6-7,17H,3-5,8-11H2,(H,15,18). The average Bonchev–Trinajstić information content (AvgIpc) is 2.91. The summed E-state index contributed by atoms with van der Waals surface area (Å²) < 4.78 is 0. The molecule has 0 saturated carbocycles. The zero-order chi connectivity index (χ0) is 12.8. The average molecular weight is 248 g/mol. The zero-order valence-corrected chi connectivity index (χ0v) is 10.6. The van der Waals surface area contributed by atoms with E-state index in [0.29, 0.717) is 12.8 Å². The van der Waals surface area contributed by atoms with Crippen LogP contribution in [0.3, 0.4) is 0 Å². The van der Waals surface area contributed by atoms with E-state index in [1.807, 2.05) is 24.3 Å². The number of nitrogens with zero attached hydrogens (tertiary/aromatic N) is 1. The van der Waals surface area contributed by atoms with Gasteiger partial charge < -0.3 is 15.3 Å². The molecule has 0 atom stereocenters. The van der Waals surface area contributed by atoms with Crippen molar-refractivity contribution in [1.29, 1.82) is 0 Å². The van der Waals surface area contributed by atoms with E-state index >= 15 is 0 Å². The second-order valence-corrected chi connectivity index (χ2v) is 4.59. The van der Waals surface area contributed by atoms with E-state index in [2.05, 4.69) is 10.2 Å². The molecule has 0 radical (unpaired) electrons. The normalized spacial score (nSPS) is 14.8. The van der Waals surface area contributed by atoms with Crippen LogP contribution in [-0.2, 0) is 4.79 Å². The predicted octanol–water partition coefficient (Wildman–Crippen LogP) is 2.00. The first-order chi connectivity index (χ1) is 8.81. The number of hydrogen-bond acceptors (Lipinski definition) is 3. The minimum atomic E-state index is -0.0318. The molecule has 0 aliphatic carbocycles. The maximum Gasteiger partial charge on any atom is 0.224 e. The molecule has 4 heteroatoms. The van der Waals surface area contributed by atoms with Crippen LogP contribution in [0.15, 0.2) is 24.3 Å². The summed E-state index contributed by atoms with van der Waals surface area (Å²) in [5.41, 5.74) is 1.98. The molecule has 4 nitrogen and oxygen atoms in total. The van der Waals surface area contributed by atoms with Gasteiger partial charge in [0.25, 0.3) is 0 Å². The number of carbonyl (C=O) groups excluding carboxylic acids is 1. The second kappa shape index (κ2) is 6.40. The molecule has 1 heterocycles. The summed E-state index contributed by atoms with van der Waals surface area (Å²) in [7, 11) is 0. The highest BCUT2D eigenvalue weighted by molar-refractivity contribution is 5.94. The van der Waals surface area contributed by atoms with Crippen molar-refractivity contribution in [2.45, 2.75) is 25.7 Å². The largest absolute Gasteiger partial charge is 0.396 e. The van der Waals surface area contributed by atoms with E-state index in [-0.39, 0.29) is 12.5 Å². The first kappa shape index (κ1) is 12.9. The van der Waals surface area contributed by atoms with Crippen molar-refractivity contribution in [2.75, 3.05) is 29.9 Å². The summed E-state index contributed by atoms with van der Waals surface area (Å²) >= 11 is 0. The Morgan fingerprint density at radius 2 is 2.00 bits per heavy atom. The van der Waals surface area contributed by atoms with Crippen LogP contribution in [0.25, 0.3) is 0 Å². The van der Waals surface area contributed by atoms with Gasteiger partial charge in [-0.3, -0.25) is 4.79 Å². The number of carbonyl (C=O) groups is 1. The molecule has 1 saturated heterocycles. The Labute approximate surface area is 108 Å². The molecule has 1 aliphatic heterocycles. The summed E-state index contributed by atoms with van der Waals surface area (Å²) in [5, 5.41) is 11.7. The first-order valence-corrected chi connectivity index (χ1v) is 6.56. The lowest BCUT2D eigenvalue weighted by atomic mass is 10.2. The fourth-order valence-electron chi connectivity index (χ4n) is 2.27. The molecule has 2 rings (SSSR count). The lowest BCUT2D eigenvalue weighted by Gasteiger charge is -2.21. The number of hydrogen-bond donors (Lipinski definition) is 2. The molecule has 1 fully saturated rings. The fourth-order valence-corrected chi connectivity index (χ4v) is 2.27. The minimum Gasteiger partial charge on any atom is -0.396 e. The Hall–Kier alpha value is -1.55. The lowest BCUT2D eigenvalue weighted by molar-refractivity contribution is -0.116. The summed E-state index contributed by atoms with van der Waals surface area (Å²) in [6.45, 7) is 2.17. The maximum atomic E-state index is 11.7. The van der Waals surface area contributed by atoms with Crippen molar-refractivity contribution in [2.24, 2.45) is 0 Å². The van der Waals surface area contributed by atoms with Gasteiger partial charge in [0, 0.05) is 26.1 Å². The van der Waals surface area contributed by atoms with E-state index < -0.39 is 0 Å². The van der Waals surface area contributed by atoms with Crippen molar-refractivity contribution in [3.8, 4) is 0 Å². The third-order valence-electron chi connectivity index (χ3n) is 3.19. The summed E-state index contributed by atoms with van der Waals surface area (Å²) in [6.07, 6.45) is 3.31. The van der Waals surface area contributed by atoms with E-state index in [4.69, 9.17) is 5.11 Å². The number of para-hydroxylation sites is 2. The van der Waals surface area contributed by atoms with Gasteiger partial charge in [-0.25, -0.2) is 0 Å². The molecule has 1 aliphatic rings. The molecule has 98 valence electrons. The third kappa shape index (κ3) is 3.23. The minimum absolute atomic E-state index is 0.0318. The van der Waals surface area contributed by atoms with Gasteiger partial charge in [0.2, 0.25) is 5.91 Å². The van der Waals surface area contributed by atoms with Crippen molar-refractivity contribution >= 4 is 17.3 Å². The Kier molecular flexibility index (Phi) is 4.59. The van der Waals surface area contributed by atoms with Crippen molar-refractivity contribution in [3.05, 3.63) is 24.3 Å². The Balaban J connectivity index is 2.05. The van der Waals surface area contributed by atoms with Crippen LogP contribution in [0.4, 0.5) is 11.4 Å². The summed E-state index contributed by atoms with van der Waals surface area (Å²) in [5.74, 6) is -0.0318. The van der Waals surface area contributed by atoms with Crippen LogP contribution >= 0.6 is 0 Å². The number of nitrogens with one attached hydrogen (secondary N) is 1. The van der Waals surface area contributed by atoms with Crippen molar-refractivity contribution < 1.29 is 9.90 Å². The third-order valence-corrected chi connectivity index (χ3v) is 3.19. The molecule has 1 aromatic rings. The van der Waals surface area contributed by atoms with Gasteiger partial charge >= 0.3 is 0 Å². The lowest BCUT2D eigenvalue weighted by Crippen LogP contribution is -2.21. The quantitative estimate of drug-likeness (QED) is 0.838. The van der Waals surface area contributed by atoms with Crippen LogP contribution in [0.1, 0.15) is 25.7 Å². The first-order valence-electron chi connectivity index (χ1n) is 6.56. The Morgan fingerprint density at radius 1 is 1.28 bits per heavy atom.